The fraction of sp³-hybridized carbons (Fsp3) is 0.276. The molecule has 1 aliphatic rings. The van der Waals surface area contributed by atoms with E-state index >= 15 is 0 Å². The number of benzene rings is 1. The summed E-state index contributed by atoms with van der Waals surface area (Å²) in [6.45, 7) is 7.33. The molecule has 42 heavy (non-hydrogen) atoms. The third-order valence-electron chi connectivity index (χ3n) is 7.12. The van der Waals surface area contributed by atoms with Gasteiger partial charge in [0.1, 0.15) is 5.82 Å². The first-order valence-corrected chi connectivity index (χ1v) is 13.8. The molecule has 0 saturated carbocycles. The molecular weight excluding hydrogens is 615 g/mol. The van der Waals surface area contributed by atoms with Crippen molar-refractivity contribution in [2.24, 2.45) is 7.05 Å². The molecule has 13 heteroatoms. The van der Waals surface area contributed by atoms with Crippen LogP contribution < -0.4 is 10.9 Å². The van der Waals surface area contributed by atoms with Crippen LogP contribution in [-0.4, -0.2) is 47.2 Å². The average molecular weight is 642 g/mol. The molecule has 0 saturated heterocycles. The molecule has 1 amide bonds. The van der Waals surface area contributed by atoms with Gasteiger partial charge >= 0.3 is 6.18 Å². The lowest BCUT2D eigenvalue weighted by molar-refractivity contribution is -0.138. The van der Waals surface area contributed by atoms with Gasteiger partial charge in [-0.05, 0) is 50.6 Å². The lowest BCUT2D eigenvalue weighted by Crippen LogP contribution is -2.46. The Balaban J connectivity index is 1.53. The molecule has 0 bridgehead atoms. The number of anilines is 1. The summed E-state index contributed by atoms with van der Waals surface area (Å²) >= 11 is 2.91. The Bertz CT molecular complexity index is 1730. The second-order valence-electron chi connectivity index (χ2n) is 10.2. The van der Waals surface area contributed by atoms with Gasteiger partial charge in [-0.15, -0.1) is 6.58 Å². The summed E-state index contributed by atoms with van der Waals surface area (Å²) in [4.78, 5) is 38.0. The van der Waals surface area contributed by atoms with Crippen LogP contribution in [0.1, 0.15) is 41.0 Å². The number of alkyl halides is 3. The Hall–Kier alpha value is -4.26. The summed E-state index contributed by atoms with van der Waals surface area (Å²) in [5, 5.41) is 7.34. The molecule has 0 spiro atoms. The van der Waals surface area contributed by atoms with E-state index in [1.165, 1.54) is 21.6 Å². The van der Waals surface area contributed by atoms with Crippen LogP contribution in [0.4, 0.5) is 19.1 Å². The molecule has 1 aromatic carbocycles. The number of rotatable bonds is 6. The highest BCUT2D eigenvalue weighted by atomic mass is 79.9. The first-order valence-electron chi connectivity index (χ1n) is 13.0. The van der Waals surface area contributed by atoms with Crippen LogP contribution in [0.3, 0.4) is 0 Å². The highest BCUT2D eigenvalue weighted by Crippen LogP contribution is 2.36. The Morgan fingerprint density at radius 2 is 1.98 bits per heavy atom. The molecule has 0 radical (unpaired) electrons. The minimum Gasteiger partial charge on any atom is -0.349 e. The van der Waals surface area contributed by atoms with E-state index in [0.717, 1.165) is 17.2 Å². The van der Waals surface area contributed by atoms with Gasteiger partial charge in [0.25, 0.3) is 11.5 Å². The Kier molecular flexibility index (Phi) is 7.80. The predicted molar refractivity (Wildman–Crippen MR) is 155 cm³/mol. The molecular formula is C29H27BrF3N7O2. The number of carbonyl (C=O) groups excluding carboxylic acids is 1. The quantitative estimate of drug-likeness (QED) is 0.284. The standard InChI is InChI=1S/C29H27BrF3N7O2/c1-5-16(2)36-28-37-24-15-39(26(41)18-6-8-23(30)22(11-18)29(31,32)33)17(3)10-21(24)27(42)40(28)25-9-7-19(12-34-25)20-13-35-38(4)14-20/h5-9,11-14,16-17H,1,10,15H2,2-4H3,(H,36,37). The Morgan fingerprint density at radius 3 is 2.60 bits per heavy atom. The van der Waals surface area contributed by atoms with Gasteiger partial charge in [-0.2, -0.15) is 18.3 Å². The van der Waals surface area contributed by atoms with Gasteiger partial charge in [-0.1, -0.05) is 22.0 Å². The number of pyridine rings is 1. The number of aromatic nitrogens is 5. The first-order chi connectivity index (χ1) is 19.9. The van der Waals surface area contributed by atoms with Gasteiger partial charge in [-0.3, -0.25) is 14.3 Å². The minimum atomic E-state index is -4.63. The highest BCUT2D eigenvalue weighted by Gasteiger charge is 2.36. The maximum Gasteiger partial charge on any atom is 0.417 e. The molecule has 0 fully saturated rings. The molecule has 1 aliphatic heterocycles. The molecule has 9 nitrogen and oxygen atoms in total. The number of hydrogen-bond acceptors (Lipinski definition) is 6. The van der Waals surface area contributed by atoms with Crippen LogP contribution >= 0.6 is 15.9 Å². The topological polar surface area (TPSA) is 97.9 Å². The molecule has 4 aromatic rings. The van der Waals surface area contributed by atoms with Crippen molar-refractivity contribution >= 4 is 27.8 Å². The van der Waals surface area contributed by atoms with Gasteiger partial charge in [0.2, 0.25) is 5.95 Å². The molecule has 1 N–H and O–H groups in total. The maximum atomic E-state index is 13.9. The number of aryl methyl sites for hydroxylation is 1. The zero-order chi connectivity index (χ0) is 30.3. The molecule has 218 valence electrons. The van der Waals surface area contributed by atoms with Crippen molar-refractivity contribution in [3.05, 3.63) is 98.8 Å². The number of nitrogens with zero attached hydrogens (tertiary/aromatic N) is 6. The van der Waals surface area contributed by atoms with Crippen molar-refractivity contribution in [1.29, 1.82) is 0 Å². The van der Waals surface area contributed by atoms with Crippen molar-refractivity contribution in [2.45, 2.75) is 45.1 Å². The average Bonchev–Trinajstić information content (AvgIpc) is 3.39. The van der Waals surface area contributed by atoms with Crippen molar-refractivity contribution < 1.29 is 18.0 Å². The van der Waals surface area contributed by atoms with Crippen LogP contribution in [0.15, 0.2) is 70.8 Å². The summed E-state index contributed by atoms with van der Waals surface area (Å²) in [6, 6.07) is 6.20. The van der Waals surface area contributed by atoms with E-state index in [1.54, 1.807) is 36.1 Å². The molecule has 4 heterocycles. The summed E-state index contributed by atoms with van der Waals surface area (Å²) in [7, 11) is 1.82. The minimum absolute atomic E-state index is 0.0483. The predicted octanol–water partition coefficient (Wildman–Crippen LogP) is 5.38. The van der Waals surface area contributed by atoms with Crippen molar-refractivity contribution in [3.8, 4) is 16.9 Å². The van der Waals surface area contributed by atoms with Crippen LogP contribution in [0.5, 0.6) is 0 Å². The third kappa shape index (κ3) is 5.60. The SMILES string of the molecule is C=CC(C)Nc1nc2c(c(=O)n1-c1ccc(-c3cnn(C)c3)cn1)CC(C)N(C(=O)c1ccc(Br)c(C(F)(F)F)c1)C2. The fourth-order valence-corrected chi connectivity index (χ4v) is 5.27. The largest absolute Gasteiger partial charge is 0.417 e. The monoisotopic (exact) mass is 641 g/mol. The number of nitrogens with one attached hydrogen (secondary N) is 1. The molecule has 2 unspecified atom stereocenters. The summed E-state index contributed by atoms with van der Waals surface area (Å²) in [5.41, 5.74) is 1.08. The number of carbonyl (C=O) groups is 1. The number of halogens is 4. The highest BCUT2D eigenvalue weighted by molar-refractivity contribution is 9.10. The Morgan fingerprint density at radius 1 is 1.21 bits per heavy atom. The summed E-state index contributed by atoms with van der Waals surface area (Å²) in [6.07, 6.45) is 2.41. The van der Waals surface area contributed by atoms with E-state index in [9.17, 15) is 22.8 Å². The van der Waals surface area contributed by atoms with Gasteiger partial charge in [0.15, 0.2) is 0 Å². The van der Waals surface area contributed by atoms with Gasteiger partial charge in [0, 0.05) is 58.3 Å². The van der Waals surface area contributed by atoms with Crippen LogP contribution in [-0.2, 0) is 26.2 Å². The summed E-state index contributed by atoms with van der Waals surface area (Å²) < 4.78 is 43.4. The molecule has 5 rings (SSSR count). The van der Waals surface area contributed by atoms with E-state index in [1.807, 2.05) is 26.2 Å². The van der Waals surface area contributed by atoms with Crippen molar-refractivity contribution in [1.82, 2.24) is 29.2 Å². The van der Waals surface area contributed by atoms with E-state index in [4.69, 9.17) is 4.98 Å². The summed E-state index contributed by atoms with van der Waals surface area (Å²) in [5.74, 6) is -0.0288. The molecule has 2 atom stereocenters. The molecule has 0 aliphatic carbocycles. The zero-order valence-electron chi connectivity index (χ0n) is 23.0. The lowest BCUT2D eigenvalue weighted by Gasteiger charge is -2.35. The van der Waals surface area contributed by atoms with E-state index in [-0.39, 0.29) is 40.6 Å². The maximum absolute atomic E-state index is 13.9. The normalized spacial score (nSPS) is 15.7. The second kappa shape index (κ2) is 11.2. The van der Waals surface area contributed by atoms with Crippen molar-refractivity contribution in [2.75, 3.05) is 5.32 Å². The fourth-order valence-electron chi connectivity index (χ4n) is 4.80. The second-order valence-corrected chi connectivity index (χ2v) is 11.0. The van der Waals surface area contributed by atoms with Crippen LogP contribution in [0.25, 0.3) is 16.9 Å². The van der Waals surface area contributed by atoms with E-state index < -0.39 is 23.7 Å². The smallest absolute Gasteiger partial charge is 0.349 e. The number of fused-ring (bicyclic) bond motifs is 1. The van der Waals surface area contributed by atoms with E-state index in [0.29, 0.717) is 17.1 Å². The third-order valence-corrected chi connectivity index (χ3v) is 7.81. The molecule has 3 aromatic heterocycles. The first kappa shape index (κ1) is 29.2. The lowest BCUT2D eigenvalue weighted by atomic mass is 9.98. The van der Waals surface area contributed by atoms with Gasteiger partial charge in [0.05, 0.1) is 24.0 Å². The number of amides is 1. The van der Waals surface area contributed by atoms with E-state index in [2.05, 4.69) is 37.9 Å². The van der Waals surface area contributed by atoms with Crippen LogP contribution in [0.2, 0.25) is 0 Å². The van der Waals surface area contributed by atoms with Gasteiger partial charge in [-0.25, -0.2) is 14.5 Å². The van der Waals surface area contributed by atoms with Crippen LogP contribution in [0, 0.1) is 0 Å². The Labute approximate surface area is 247 Å². The van der Waals surface area contributed by atoms with Crippen molar-refractivity contribution in [3.63, 3.8) is 0 Å². The zero-order valence-corrected chi connectivity index (χ0v) is 24.6. The van der Waals surface area contributed by atoms with Gasteiger partial charge < -0.3 is 10.2 Å². The number of hydrogen-bond donors (Lipinski definition) is 1.